The number of rotatable bonds is 14. The number of hydrogen-bond donors (Lipinski definition) is 2. The summed E-state index contributed by atoms with van der Waals surface area (Å²) in [6.07, 6.45) is -15.0. The largest absolute Gasteiger partial charge is 0.453 e. The third kappa shape index (κ3) is 8.45. The Bertz CT molecular complexity index is 492. The quantitative estimate of drug-likeness (QED) is 0.198. The zero-order valence-corrected chi connectivity index (χ0v) is 18.7. The summed E-state index contributed by atoms with van der Waals surface area (Å²) in [5.41, 5.74) is 0. The number of thioether (sulfide) groups is 1. The first kappa shape index (κ1) is 30.6. The monoisotopic (exact) mass is 496 g/mol. The molecule has 0 bridgehead atoms. The second kappa shape index (κ2) is 11.1. The van der Waals surface area contributed by atoms with Crippen molar-refractivity contribution in [3.63, 3.8) is 0 Å². The fourth-order valence-corrected chi connectivity index (χ4v) is 5.21. The number of nitrogens with one attached hydrogen (secondary N) is 2. The van der Waals surface area contributed by atoms with Crippen molar-refractivity contribution in [3.05, 3.63) is 0 Å². The highest BCUT2D eigenvalue weighted by atomic mass is 32.2. The molecule has 0 heterocycles. The van der Waals surface area contributed by atoms with Gasteiger partial charge < -0.3 is 10.6 Å². The van der Waals surface area contributed by atoms with Gasteiger partial charge in [0.1, 0.15) is 0 Å². The Morgan fingerprint density at radius 1 is 0.516 bits per heavy atom. The van der Waals surface area contributed by atoms with Crippen LogP contribution in [-0.2, 0) is 0 Å². The van der Waals surface area contributed by atoms with E-state index in [-0.39, 0.29) is 12.8 Å². The van der Waals surface area contributed by atoms with Crippen LogP contribution in [-0.4, -0.2) is 48.0 Å². The molecule has 0 radical (unpaired) electrons. The molecule has 0 rings (SSSR count). The van der Waals surface area contributed by atoms with Crippen molar-refractivity contribution >= 4 is 11.8 Å². The lowest BCUT2D eigenvalue weighted by molar-refractivity contribution is -0.285. The molecule has 0 aromatic rings. The lowest BCUT2D eigenvalue weighted by atomic mass is 10.0. The maximum atomic E-state index is 13.5. The highest BCUT2D eigenvalue weighted by Gasteiger charge is 2.59. The summed E-state index contributed by atoms with van der Waals surface area (Å²) in [6, 6.07) is 0. The Labute approximate surface area is 180 Å². The molecule has 0 fully saturated rings. The van der Waals surface area contributed by atoms with Gasteiger partial charge >= 0.3 is 24.2 Å². The first-order valence-electron chi connectivity index (χ1n) is 9.83. The van der Waals surface area contributed by atoms with E-state index in [0.717, 1.165) is 11.8 Å². The van der Waals surface area contributed by atoms with Crippen LogP contribution >= 0.6 is 11.8 Å². The summed E-state index contributed by atoms with van der Waals surface area (Å²) in [7, 11) is 2.68. The molecule has 0 aliphatic heterocycles. The maximum absolute atomic E-state index is 13.5. The van der Waals surface area contributed by atoms with Gasteiger partial charge in [-0.3, -0.25) is 0 Å². The molecule has 13 heteroatoms. The normalized spacial score (nSPS) is 18.0. The second-order valence-electron chi connectivity index (χ2n) is 7.50. The van der Waals surface area contributed by atoms with E-state index in [1.165, 1.54) is 14.1 Å². The van der Waals surface area contributed by atoms with Crippen molar-refractivity contribution in [2.24, 2.45) is 0 Å². The van der Waals surface area contributed by atoms with Crippen molar-refractivity contribution in [1.29, 1.82) is 0 Å². The van der Waals surface area contributed by atoms with Crippen LogP contribution in [0.5, 0.6) is 0 Å². The summed E-state index contributed by atoms with van der Waals surface area (Å²) >= 11 is 0.813. The molecule has 2 nitrogen and oxygen atoms in total. The lowest BCUT2D eigenvalue weighted by Gasteiger charge is -2.44. The van der Waals surface area contributed by atoms with Gasteiger partial charge in [0.05, 0.1) is 9.74 Å². The van der Waals surface area contributed by atoms with Crippen molar-refractivity contribution < 1.29 is 43.9 Å². The van der Waals surface area contributed by atoms with E-state index in [9.17, 15) is 43.9 Å². The van der Waals surface area contributed by atoms with Crippen LogP contribution in [0.3, 0.4) is 0 Å². The molecule has 0 spiro atoms. The SMILES string of the molecule is CCCC(CCC(F)(F)C(F)(F)F)(NC)SC(CCC)(CCC(F)(F)C(F)(F)F)NC. The van der Waals surface area contributed by atoms with Gasteiger partial charge in [-0.2, -0.15) is 43.9 Å². The van der Waals surface area contributed by atoms with Crippen LogP contribution in [0.2, 0.25) is 0 Å². The van der Waals surface area contributed by atoms with Gasteiger partial charge in [0.15, 0.2) is 0 Å². The average Bonchev–Trinajstić information content (AvgIpc) is 2.63. The summed E-state index contributed by atoms with van der Waals surface area (Å²) < 4.78 is 130. The fourth-order valence-electron chi connectivity index (χ4n) is 3.24. The van der Waals surface area contributed by atoms with Gasteiger partial charge in [-0.1, -0.05) is 26.7 Å². The number of hydrogen-bond acceptors (Lipinski definition) is 3. The topological polar surface area (TPSA) is 24.1 Å². The second-order valence-corrected chi connectivity index (χ2v) is 9.26. The standard InChI is InChI=1S/C18H30F10N2S/c1-5-7-13(29-3,9-11-15(19,20)17(23,24)25)31-14(30-4,8-6-2)10-12-16(21,22)18(26,27)28/h29-30H,5-12H2,1-4H3. The average molecular weight is 496 g/mol. The molecule has 0 saturated carbocycles. The maximum Gasteiger partial charge on any atom is 0.453 e. The summed E-state index contributed by atoms with van der Waals surface area (Å²) in [4.78, 5) is -2.79. The Balaban J connectivity index is 5.86. The van der Waals surface area contributed by atoms with Crippen LogP contribution in [0.4, 0.5) is 43.9 Å². The molecule has 31 heavy (non-hydrogen) atoms. The van der Waals surface area contributed by atoms with Gasteiger partial charge in [0.25, 0.3) is 0 Å². The van der Waals surface area contributed by atoms with Crippen molar-refractivity contribution in [3.8, 4) is 0 Å². The van der Waals surface area contributed by atoms with Gasteiger partial charge in [0.2, 0.25) is 0 Å². The molecule has 2 N–H and O–H groups in total. The third-order valence-electron chi connectivity index (χ3n) is 5.12. The molecule has 188 valence electrons. The molecule has 0 aromatic heterocycles. The van der Waals surface area contributed by atoms with Gasteiger partial charge in [0, 0.05) is 12.8 Å². The summed E-state index contributed by atoms with van der Waals surface area (Å²) in [5.74, 6) is -9.92. The zero-order valence-electron chi connectivity index (χ0n) is 17.8. The molecular weight excluding hydrogens is 466 g/mol. The molecule has 2 unspecified atom stereocenters. The first-order chi connectivity index (χ1) is 13.9. The minimum Gasteiger partial charge on any atom is -0.306 e. The van der Waals surface area contributed by atoms with Crippen LogP contribution in [0.25, 0.3) is 0 Å². The predicted octanol–water partition coefficient (Wildman–Crippen LogP) is 7.11. The van der Waals surface area contributed by atoms with Crippen molar-refractivity contribution in [1.82, 2.24) is 10.6 Å². The van der Waals surface area contributed by atoms with E-state index in [4.69, 9.17) is 0 Å². The Morgan fingerprint density at radius 3 is 1.00 bits per heavy atom. The summed E-state index contributed by atoms with van der Waals surface area (Å²) in [6.45, 7) is 3.32. The molecule has 0 saturated heterocycles. The van der Waals surface area contributed by atoms with Crippen LogP contribution in [0.1, 0.15) is 65.2 Å². The van der Waals surface area contributed by atoms with E-state index in [0.29, 0.717) is 12.8 Å². The van der Waals surface area contributed by atoms with Crippen LogP contribution in [0.15, 0.2) is 0 Å². The van der Waals surface area contributed by atoms with E-state index < -0.39 is 59.6 Å². The molecule has 0 aliphatic carbocycles. The molecule has 0 amide bonds. The van der Waals surface area contributed by atoms with E-state index >= 15 is 0 Å². The van der Waals surface area contributed by atoms with E-state index in [2.05, 4.69) is 10.6 Å². The minimum absolute atomic E-state index is 0.102. The van der Waals surface area contributed by atoms with Crippen molar-refractivity contribution in [2.75, 3.05) is 14.1 Å². The summed E-state index contributed by atoms with van der Waals surface area (Å²) in [5, 5.41) is 5.46. The van der Waals surface area contributed by atoms with Gasteiger partial charge in [-0.25, -0.2) is 0 Å². The molecule has 0 aromatic carbocycles. The third-order valence-corrected chi connectivity index (χ3v) is 7.13. The molecule has 0 aliphatic rings. The zero-order chi connectivity index (χ0) is 24.8. The lowest BCUT2D eigenvalue weighted by Crippen LogP contribution is -2.52. The Hall–Kier alpha value is -0.430. The van der Waals surface area contributed by atoms with Crippen molar-refractivity contribution in [2.45, 2.75) is 99.2 Å². The van der Waals surface area contributed by atoms with Gasteiger partial charge in [-0.05, 0) is 39.8 Å². The van der Waals surface area contributed by atoms with E-state index in [1.54, 1.807) is 13.8 Å². The Morgan fingerprint density at radius 2 is 0.806 bits per heavy atom. The number of alkyl halides is 10. The van der Waals surface area contributed by atoms with Gasteiger partial charge in [-0.15, -0.1) is 11.8 Å². The van der Waals surface area contributed by atoms with Crippen LogP contribution in [0, 0.1) is 0 Å². The Kier molecular flexibility index (Phi) is 11.0. The first-order valence-corrected chi connectivity index (χ1v) is 10.7. The molecule has 2 atom stereocenters. The predicted molar refractivity (Wildman–Crippen MR) is 101 cm³/mol. The number of halogens is 10. The minimum atomic E-state index is -5.75. The highest BCUT2D eigenvalue weighted by Crippen LogP contribution is 2.49. The fraction of sp³-hybridized carbons (Fsp3) is 1.00. The van der Waals surface area contributed by atoms with E-state index in [1.807, 2.05) is 0 Å². The van der Waals surface area contributed by atoms with Crippen LogP contribution < -0.4 is 10.6 Å². The smallest absolute Gasteiger partial charge is 0.306 e. The highest BCUT2D eigenvalue weighted by molar-refractivity contribution is 8.01. The molecular formula is C18H30F10N2S.